The molecule has 5 rings (SSSR count). The number of nitrogens with zero attached hydrogens (tertiary/aromatic N) is 5. The summed E-state index contributed by atoms with van der Waals surface area (Å²) >= 11 is 0. The lowest BCUT2D eigenvalue weighted by Gasteiger charge is -2.30. The summed E-state index contributed by atoms with van der Waals surface area (Å²) in [6, 6.07) is 8.14. The molecular formula is C21H20FN5O. The predicted molar refractivity (Wildman–Crippen MR) is 105 cm³/mol. The fourth-order valence-corrected chi connectivity index (χ4v) is 4.38. The van der Waals surface area contributed by atoms with Gasteiger partial charge in [-0.3, -0.25) is 4.79 Å². The molecule has 0 amide bonds. The molecular weight excluding hydrogens is 357 g/mol. The molecule has 0 spiro atoms. The van der Waals surface area contributed by atoms with Crippen LogP contribution in [0.1, 0.15) is 38.6 Å². The van der Waals surface area contributed by atoms with E-state index in [0.29, 0.717) is 33.9 Å². The molecule has 0 unspecified atom stereocenters. The third-order valence-electron chi connectivity index (χ3n) is 5.84. The van der Waals surface area contributed by atoms with Gasteiger partial charge in [0.15, 0.2) is 0 Å². The third-order valence-corrected chi connectivity index (χ3v) is 5.84. The first-order chi connectivity index (χ1) is 13.6. The van der Waals surface area contributed by atoms with Gasteiger partial charge in [0.2, 0.25) is 0 Å². The van der Waals surface area contributed by atoms with Gasteiger partial charge < -0.3 is 4.57 Å². The van der Waals surface area contributed by atoms with E-state index in [9.17, 15) is 9.18 Å². The summed E-state index contributed by atoms with van der Waals surface area (Å²) in [6.45, 7) is 2.21. The van der Waals surface area contributed by atoms with Gasteiger partial charge >= 0.3 is 0 Å². The molecule has 3 heterocycles. The Morgan fingerprint density at radius 3 is 2.68 bits per heavy atom. The van der Waals surface area contributed by atoms with Crippen molar-refractivity contribution in [1.82, 2.24) is 24.1 Å². The summed E-state index contributed by atoms with van der Waals surface area (Å²) in [5.74, 6) is 0.529. The minimum atomic E-state index is -0.328. The van der Waals surface area contributed by atoms with E-state index in [1.807, 2.05) is 16.8 Å². The van der Waals surface area contributed by atoms with Crippen LogP contribution in [0, 0.1) is 11.7 Å². The predicted octanol–water partition coefficient (Wildman–Crippen LogP) is 4.00. The number of rotatable bonds is 2. The Morgan fingerprint density at radius 1 is 1.11 bits per heavy atom. The molecule has 0 N–H and O–H groups in total. The molecule has 28 heavy (non-hydrogen) atoms. The molecule has 0 saturated heterocycles. The van der Waals surface area contributed by atoms with Crippen LogP contribution in [0.5, 0.6) is 0 Å². The van der Waals surface area contributed by atoms with E-state index in [1.54, 1.807) is 16.6 Å². The van der Waals surface area contributed by atoms with Crippen LogP contribution >= 0.6 is 0 Å². The first-order valence-corrected chi connectivity index (χ1v) is 9.64. The fourth-order valence-electron chi connectivity index (χ4n) is 4.38. The van der Waals surface area contributed by atoms with Crippen molar-refractivity contribution in [3.05, 3.63) is 59.0 Å². The largest absolute Gasteiger partial charge is 0.311 e. The van der Waals surface area contributed by atoms with Crippen LogP contribution in [0.2, 0.25) is 0 Å². The second-order valence-electron chi connectivity index (χ2n) is 7.56. The standard InChI is InChI=1S/C21H20FN5O/c1-13-4-2-3-5-17(13)26-11-10-16-18(20(26)28)19(14-6-8-15(22)9-7-14)27-21(25-16)23-12-24-27/h6-13,17H,2-5H2,1H3/t13-,17-/m1/s1. The highest BCUT2D eigenvalue weighted by molar-refractivity contribution is 5.93. The molecule has 1 fully saturated rings. The second-order valence-corrected chi connectivity index (χ2v) is 7.56. The van der Waals surface area contributed by atoms with Gasteiger partial charge in [-0.05, 0) is 49.1 Å². The Balaban J connectivity index is 1.84. The average molecular weight is 377 g/mol. The van der Waals surface area contributed by atoms with Crippen LogP contribution in [0.25, 0.3) is 27.9 Å². The summed E-state index contributed by atoms with van der Waals surface area (Å²) in [4.78, 5) is 22.3. The maximum absolute atomic E-state index is 13.6. The van der Waals surface area contributed by atoms with Crippen molar-refractivity contribution in [2.24, 2.45) is 5.92 Å². The van der Waals surface area contributed by atoms with Crippen LogP contribution in [-0.2, 0) is 0 Å². The van der Waals surface area contributed by atoms with Gasteiger partial charge in [0.1, 0.15) is 12.1 Å². The molecule has 2 atom stereocenters. The maximum atomic E-state index is 13.6. The van der Waals surface area contributed by atoms with Crippen molar-refractivity contribution in [3.8, 4) is 11.3 Å². The van der Waals surface area contributed by atoms with Gasteiger partial charge in [-0.15, -0.1) is 0 Å². The quantitative estimate of drug-likeness (QED) is 0.530. The Kier molecular flexibility index (Phi) is 3.96. The lowest BCUT2D eigenvalue weighted by Crippen LogP contribution is -2.30. The normalized spacial score (nSPS) is 20.1. The van der Waals surface area contributed by atoms with E-state index < -0.39 is 0 Å². The molecule has 1 aliphatic carbocycles. The number of hydrogen-bond acceptors (Lipinski definition) is 4. The number of halogens is 1. The van der Waals surface area contributed by atoms with E-state index in [-0.39, 0.29) is 17.4 Å². The molecule has 142 valence electrons. The number of pyridine rings is 1. The van der Waals surface area contributed by atoms with Crippen LogP contribution in [0.4, 0.5) is 4.39 Å². The molecule has 1 aromatic carbocycles. The van der Waals surface area contributed by atoms with Crippen molar-refractivity contribution >= 4 is 16.7 Å². The van der Waals surface area contributed by atoms with E-state index in [2.05, 4.69) is 22.0 Å². The molecule has 6 nitrogen and oxygen atoms in total. The van der Waals surface area contributed by atoms with Gasteiger partial charge in [-0.25, -0.2) is 9.37 Å². The van der Waals surface area contributed by atoms with E-state index in [4.69, 9.17) is 0 Å². The Labute approximate surface area is 160 Å². The number of benzene rings is 1. The lowest BCUT2D eigenvalue weighted by atomic mass is 9.85. The van der Waals surface area contributed by atoms with Crippen LogP contribution in [0.15, 0.2) is 47.7 Å². The van der Waals surface area contributed by atoms with Crippen LogP contribution in [-0.4, -0.2) is 24.1 Å². The molecule has 4 aromatic rings. The summed E-state index contributed by atoms with van der Waals surface area (Å²) in [5.41, 5.74) is 1.79. The highest BCUT2D eigenvalue weighted by atomic mass is 19.1. The van der Waals surface area contributed by atoms with Crippen molar-refractivity contribution in [1.29, 1.82) is 0 Å². The minimum Gasteiger partial charge on any atom is -0.311 e. The molecule has 0 bridgehead atoms. The zero-order valence-electron chi connectivity index (χ0n) is 15.5. The number of aromatic nitrogens is 5. The van der Waals surface area contributed by atoms with Gasteiger partial charge in [0.25, 0.3) is 11.3 Å². The zero-order valence-corrected chi connectivity index (χ0v) is 15.5. The van der Waals surface area contributed by atoms with Gasteiger partial charge in [0, 0.05) is 17.8 Å². The van der Waals surface area contributed by atoms with Crippen LogP contribution < -0.4 is 5.56 Å². The van der Waals surface area contributed by atoms with Crippen molar-refractivity contribution in [2.75, 3.05) is 0 Å². The monoisotopic (exact) mass is 377 g/mol. The Morgan fingerprint density at radius 2 is 1.89 bits per heavy atom. The molecule has 0 radical (unpaired) electrons. The second kappa shape index (κ2) is 6.51. The smallest absolute Gasteiger partial charge is 0.262 e. The first kappa shape index (κ1) is 17.0. The maximum Gasteiger partial charge on any atom is 0.262 e. The summed E-state index contributed by atoms with van der Waals surface area (Å²) in [5, 5.41) is 4.76. The van der Waals surface area contributed by atoms with Crippen molar-refractivity contribution in [3.63, 3.8) is 0 Å². The van der Waals surface area contributed by atoms with E-state index in [1.165, 1.54) is 24.9 Å². The summed E-state index contributed by atoms with van der Waals surface area (Å²) < 4.78 is 16.9. The highest BCUT2D eigenvalue weighted by Crippen LogP contribution is 2.33. The minimum absolute atomic E-state index is 0.0829. The van der Waals surface area contributed by atoms with E-state index >= 15 is 0 Å². The SMILES string of the molecule is C[C@@H]1CCCC[C@H]1n1ccc2nc3ncnn3c(-c3ccc(F)cc3)c2c1=O. The number of hydrogen-bond donors (Lipinski definition) is 0. The van der Waals surface area contributed by atoms with Gasteiger partial charge in [-0.1, -0.05) is 19.8 Å². The van der Waals surface area contributed by atoms with Crippen LogP contribution in [0.3, 0.4) is 0 Å². The fraction of sp³-hybridized carbons (Fsp3) is 0.333. The summed E-state index contributed by atoms with van der Waals surface area (Å²) in [7, 11) is 0. The van der Waals surface area contributed by atoms with Crippen molar-refractivity contribution in [2.45, 2.75) is 38.6 Å². The van der Waals surface area contributed by atoms with Gasteiger partial charge in [0.05, 0.1) is 16.6 Å². The summed E-state index contributed by atoms with van der Waals surface area (Å²) in [6.07, 6.45) is 7.73. The molecule has 0 aliphatic heterocycles. The Hall–Kier alpha value is -3.09. The molecule has 3 aromatic heterocycles. The van der Waals surface area contributed by atoms with Gasteiger partial charge in [-0.2, -0.15) is 14.6 Å². The van der Waals surface area contributed by atoms with Crippen molar-refractivity contribution < 1.29 is 4.39 Å². The number of fused-ring (bicyclic) bond motifs is 2. The molecule has 7 heteroatoms. The van der Waals surface area contributed by atoms with E-state index in [0.717, 1.165) is 19.3 Å². The first-order valence-electron chi connectivity index (χ1n) is 9.64. The Bertz CT molecular complexity index is 1230. The molecule has 1 saturated carbocycles. The lowest BCUT2D eigenvalue weighted by molar-refractivity contribution is 0.253. The highest BCUT2D eigenvalue weighted by Gasteiger charge is 2.25. The zero-order chi connectivity index (χ0) is 19.3. The topological polar surface area (TPSA) is 65.1 Å². The molecule has 1 aliphatic rings. The third kappa shape index (κ3) is 2.61. The average Bonchev–Trinajstić information content (AvgIpc) is 3.16.